The highest BCUT2D eigenvalue weighted by atomic mass is 15.0. The molecule has 5 aromatic carbocycles. The third-order valence-electron chi connectivity index (χ3n) is 9.50. The van der Waals surface area contributed by atoms with Gasteiger partial charge in [0.1, 0.15) is 0 Å². The Kier molecular flexibility index (Phi) is 4.62. The summed E-state index contributed by atoms with van der Waals surface area (Å²) in [6.45, 7) is 0. The third-order valence-corrected chi connectivity index (χ3v) is 9.50. The fourth-order valence-electron chi connectivity index (χ4n) is 7.86. The lowest BCUT2D eigenvalue weighted by Gasteiger charge is -2.40. The van der Waals surface area contributed by atoms with E-state index in [1.165, 1.54) is 44.2 Å². The van der Waals surface area contributed by atoms with E-state index in [0.29, 0.717) is 0 Å². The van der Waals surface area contributed by atoms with E-state index in [1.54, 1.807) is 0 Å². The molecule has 1 atom stereocenters. The monoisotopic (exact) mass is 560 g/mol. The number of benzene rings is 5. The smallest absolute Gasteiger partial charge is 0.160 e. The van der Waals surface area contributed by atoms with E-state index in [0.717, 1.165) is 39.5 Å². The molecule has 1 aliphatic heterocycles. The first kappa shape index (κ1) is 23.7. The normalized spacial score (nSPS) is 15.8. The fourth-order valence-corrected chi connectivity index (χ4v) is 7.86. The van der Waals surface area contributed by atoms with Crippen molar-refractivity contribution >= 4 is 21.8 Å². The number of nitrogens with zero attached hydrogens (tertiary/aromatic N) is 4. The van der Waals surface area contributed by atoms with Crippen molar-refractivity contribution in [2.75, 3.05) is 0 Å². The maximum atomic E-state index is 5.41. The van der Waals surface area contributed by atoms with E-state index in [9.17, 15) is 0 Å². The van der Waals surface area contributed by atoms with E-state index in [2.05, 4.69) is 125 Å². The Labute approximate surface area is 254 Å². The van der Waals surface area contributed by atoms with Crippen molar-refractivity contribution in [3.05, 3.63) is 168 Å². The predicted molar refractivity (Wildman–Crippen MR) is 176 cm³/mol. The second-order valence-electron chi connectivity index (χ2n) is 11.6. The van der Waals surface area contributed by atoms with Crippen LogP contribution in [-0.2, 0) is 5.41 Å². The molecule has 2 aliphatic rings. The van der Waals surface area contributed by atoms with Gasteiger partial charge in [-0.2, -0.15) is 0 Å². The van der Waals surface area contributed by atoms with Gasteiger partial charge in [0.15, 0.2) is 5.82 Å². The fraction of sp³-hybridized carbons (Fsp3) is 0.0250. The first-order valence-electron chi connectivity index (χ1n) is 15.0. The lowest BCUT2D eigenvalue weighted by molar-refractivity contribution is 0.744. The molecule has 4 nitrogen and oxygen atoms in total. The van der Waals surface area contributed by atoms with Crippen LogP contribution in [0.1, 0.15) is 22.3 Å². The summed E-state index contributed by atoms with van der Waals surface area (Å²) in [6, 6.07) is 47.7. The van der Waals surface area contributed by atoms with Crippen LogP contribution in [0, 0.1) is 0 Å². The van der Waals surface area contributed by atoms with Crippen molar-refractivity contribution in [1.29, 1.82) is 0 Å². The second-order valence-corrected chi connectivity index (χ2v) is 11.6. The zero-order chi connectivity index (χ0) is 28.8. The highest BCUT2D eigenvalue weighted by Crippen LogP contribution is 2.62. The van der Waals surface area contributed by atoms with E-state index in [4.69, 9.17) is 9.97 Å². The molecule has 1 unspecified atom stereocenters. The van der Waals surface area contributed by atoms with Gasteiger partial charge >= 0.3 is 0 Å². The SMILES string of the molecule is c1ccc(-c2nc(-c3ccncc3)c3c(n2)-c2ccccc2C32c3ccccc3-n3c4ccccc4c4cccc2c43)cc1. The van der Waals surface area contributed by atoms with Gasteiger partial charge in [-0.25, -0.2) is 9.97 Å². The number of hydrogen-bond acceptors (Lipinski definition) is 3. The molecule has 0 bridgehead atoms. The molecule has 0 N–H and O–H groups in total. The van der Waals surface area contributed by atoms with Gasteiger partial charge < -0.3 is 4.57 Å². The second kappa shape index (κ2) is 8.59. The molecular weight excluding hydrogens is 536 g/mol. The van der Waals surface area contributed by atoms with Crippen LogP contribution in [0.4, 0.5) is 0 Å². The number of para-hydroxylation sites is 3. The van der Waals surface area contributed by atoms with Crippen LogP contribution in [0.2, 0.25) is 0 Å². The summed E-state index contributed by atoms with van der Waals surface area (Å²) in [4.78, 5) is 15.2. The lowest BCUT2D eigenvalue weighted by atomic mass is 9.65. The summed E-state index contributed by atoms with van der Waals surface area (Å²) in [7, 11) is 0. The Morgan fingerprint density at radius 2 is 1.18 bits per heavy atom. The molecular formula is C40H24N4. The van der Waals surface area contributed by atoms with E-state index in [-0.39, 0.29) is 0 Å². The molecule has 44 heavy (non-hydrogen) atoms. The van der Waals surface area contributed by atoms with Crippen LogP contribution in [0.3, 0.4) is 0 Å². The minimum atomic E-state index is -0.625. The Balaban J connectivity index is 1.45. The number of aromatic nitrogens is 4. The van der Waals surface area contributed by atoms with Crippen LogP contribution >= 0.6 is 0 Å². The number of pyridine rings is 1. The molecule has 1 spiro atoms. The van der Waals surface area contributed by atoms with Crippen molar-refractivity contribution in [1.82, 2.24) is 19.5 Å². The third kappa shape index (κ3) is 2.85. The first-order valence-corrected chi connectivity index (χ1v) is 15.0. The molecule has 0 amide bonds. The van der Waals surface area contributed by atoms with E-state index in [1.807, 2.05) is 30.6 Å². The molecule has 8 aromatic rings. The Morgan fingerprint density at radius 3 is 2.07 bits per heavy atom. The van der Waals surface area contributed by atoms with Crippen molar-refractivity contribution in [3.8, 4) is 39.6 Å². The average molecular weight is 561 g/mol. The van der Waals surface area contributed by atoms with Gasteiger partial charge in [-0.15, -0.1) is 0 Å². The lowest BCUT2D eigenvalue weighted by Crippen LogP contribution is -2.34. The van der Waals surface area contributed by atoms with Crippen molar-refractivity contribution in [2.24, 2.45) is 0 Å². The van der Waals surface area contributed by atoms with Gasteiger partial charge in [0.05, 0.1) is 33.5 Å². The Hall–Kier alpha value is -5.87. The molecule has 0 saturated carbocycles. The summed E-state index contributed by atoms with van der Waals surface area (Å²) in [5.74, 6) is 0.722. The van der Waals surface area contributed by atoms with Crippen molar-refractivity contribution in [3.63, 3.8) is 0 Å². The molecule has 0 fully saturated rings. The van der Waals surface area contributed by atoms with Gasteiger partial charge in [0.25, 0.3) is 0 Å². The van der Waals surface area contributed by atoms with Crippen LogP contribution in [0.15, 0.2) is 146 Å². The van der Waals surface area contributed by atoms with Crippen LogP contribution in [-0.4, -0.2) is 19.5 Å². The minimum absolute atomic E-state index is 0.625. The average Bonchev–Trinajstić information content (AvgIpc) is 3.60. The number of rotatable bonds is 2. The highest BCUT2D eigenvalue weighted by Gasteiger charge is 2.53. The summed E-state index contributed by atoms with van der Waals surface area (Å²) in [6.07, 6.45) is 3.71. The largest absolute Gasteiger partial charge is 0.309 e. The Morgan fingerprint density at radius 1 is 0.500 bits per heavy atom. The van der Waals surface area contributed by atoms with Gasteiger partial charge in [0, 0.05) is 45.4 Å². The highest BCUT2D eigenvalue weighted by molar-refractivity contribution is 6.13. The minimum Gasteiger partial charge on any atom is -0.309 e. The zero-order valence-electron chi connectivity index (χ0n) is 23.6. The summed E-state index contributed by atoms with van der Waals surface area (Å²) in [5, 5.41) is 2.51. The molecule has 4 heteroatoms. The molecule has 3 aromatic heterocycles. The predicted octanol–water partition coefficient (Wildman–Crippen LogP) is 8.98. The summed E-state index contributed by atoms with van der Waals surface area (Å²) in [5.41, 5.74) is 13.0. The van der Waals surface area contributed by atoms with Gasteiger partial charge in [-0.1, -0.05) is 109 Å². The van der Waals surface area contributed by atoms with Gasteiger partial charge in [-0.3, -0.25) is 4.98 Å². The van der Waals surface area contributed by atoms with Crippen LogP contribution < -0.4 is 0 Å². The molecule has 10 rings (SSSR count). The maximum Gasteiger partial charge on any atom is 0.160 e. The van der Waals surface area contributed by atoms with Gasteiger partial charge in [0.2, 0.25) is 0 Å². The van der Waals surface area contributed by atoms with Gasteiger partial charge in [-0.05, 0) is 41.0 Å². The molecule has 204 valence electrons. The summed E-state index contributed by atoms with van der Waals surface area (Å²) < 4.78 is 2.46. The number of fused-ring (bicyclic) bond motifs is 12. The van der Waals surface area contributed by atoms with E-state index < -0.39 is 5.41 Å². The standard InChI is InChI=1S/C40H24N4/c1-2-11-26(12-3-1)39-42-36(25-21-23-41-24-22-25)35-37(43-39)29-14-4-6-16-30(29)40(35)31-17-7-9-20-34(31)44-33-19-8-5-13-27(33)28-15-10-18-32(40)38(28)44/h1-24H. The maximum absolute atomic E-state index is 5.41. The van der Waals surface area contributed by atoms with E-state index >= 15 is 0 Å². The Bertz CT molecular complexity index is 2440. The molecule has 1 aliphatic carbocycles. The van der Waals surface area contributed by atoms with Crippen molar-refractivity contribution in [2.45, 2.75) is 5.41 Å². The molecule has 0 saturated heterocycles. The number of hydrogen-bond donors (Lipinski definition) is 0. The van der Waals surface area contributed by atoms with Crippen LogP contribution in [0.5, 0.6) is 0 Å². The quantitative estimate of drug-likeness (QED) is 0.212. The summed E-state index contributed by atoms with van der Waals surface area (Å²) >= 11 is 0. The topological polar surface area (TPSA) is 43.6 Å². The molecule has 0 radical (unpaired) electrons. The first-order chi connectivity index (χ1) is 21.9. The van der Waals surface area contributed by atoms with Crippen molar-refractivity contribution < 1.29 is 0 Å². The molecule has 4 heterocycles. The van der Waals surface area contributed by atoms with Crippen LogP contribution in [0.25, 0.3) is 61.4 Å². The zero-order valence-corrected chi connectivity index (χ0v) is 23.6.